The summed E-state index contributed by atoms with van der Waals surface area (Å²) in [6, 6.07) is 2.07. The Balaban J connectivity index is 2.53. The number of hydrogen-bond donors (Lipinski definition) is 0. The fraction of sp³-hybridized carbons (Fsp3) is 0.364. The van der Waals surface area contributed by atoms with Crippen LogP contribution in [0, 0.1) is 5.41 Å². The van der Waals surface area contributed by atoms with Crippen LogP contribution in [-0.2, 0) is 6.42 Å². The lowest BCUT2D eigenvalue weighted by Crippen LogP contribution is -2.19. The normalized spacial score (nSPS) is 19.2. The van der Waals surface area contributed by atoms with E-state index < -0.39 is 0 Å². The van der Waals surface area contributed by atoms with Crippen LogP contribution in [0.4, 0.5) is 0 Å². The number of nitrogens with zero attached hydrogens (tertiary/aromatic N) is 1. The zero-order chi connectivity index (χ0) is 9.47. The second kappa shape index (κ2) is 2.85. The Labute approximate surface area is 83.4 Å². The first kappa shape index (κ1) is 8.76. The molecule has 2 rings (SSSR count). The summed E-state index contributed by atoms with van der Waals surface area (Å²) in [7, 11) is 0. The second-order valence-corrected chi connectivity index (χ2v) is 4.53. The van der Waals surface area contributed by atoms with Crippen molar-refractivity contribution in [3.63, 3.8) is 0 Å². The van der Waals surface area contributed by atoms with Gasteiger partial charge in [-0.3, -0.25) is 4.98 Å². The van der Waals surface area contributed by atoms with E-state index in [2.05, 4.69) is 24.9 Å². The van der Waals surface area contributed by atoms with Crippen molar-refractivity contribution in [1.29, 1.82) is 0 Å². The average Bonchev–Trinajstić information content (AvgIpc) is 2.06. The molecule has 0 aliphatic heterocycles. The monoisotopic (exact) mass is 193 g/mol. The van der Waals surface area contributed by atoms with Crippen LogP contribution in [-0.4, -0.2) is 4.98 Å². The summed E-state index contributed by atoms with van der Waals surface area (Å²) >= 11 is 6.17. The third-order valence-electron chi connectivity index (χ3n) is 2.51. The maximum Gasteiger partial charge on any atom is 0.0343 e. The number of fused-ring (bicyclic) bond motifs is 1. The molecule has 0 N–H and O–H groups in total. The molecule has 1 nitrogen and oxygen atoms in total. The van der Waals surface area contributed by atoms with Crippen LogP contribution in [0.15, 0.2) is 23.5 Å². The van der Waals surface area contributed by atoms with Gasteiger partial charge in [0.25, 0.3) is 0 Å². The minimum absolute atomic E-state index is 0.0793. The van der Waals surface area contributed by atoms with Gasteiger partial charge >= 0.3 is 0 Å². The van der Waals surface area contributed by atoms with Gasteiger partial charge in [0.05, 0.1) is 0 Å². The molecule has 0 radical (unpaired) electrons. The van der Waals surface area contributed by atoms with E-state index in [-0.39, 0.29) is 5.41 Å². The third-order valence-corrected chi connectivity index (χ3v) is 3.13. The standard InChI is InChI=1S/C11H12ClN/c1-11(2)6-8-3-4-13-7-9(8)5-10(11)12/h3-5,7H,6H2,1-2H3. The van der Waals surface area contributed by atoms with Crippen LogP contribution in [0.3, 0.4) is 0 Å². The smallest absolute Gasteiger partial charge is 0.0343 e. The summed E-state index contributed by atoms with van der Waals surface area (Å²) in [5, 5.41) is 0.924. The molecule has 2 heteroatoms. The lowest BCUT2D eigenvalue weighted by Gasteiger charge is -2.29. The van der Waals surface area contributed by atoms with Crippen molar-refractivity contribution in [3.8, 4) is 0 Å². The Hall–Kier alpha value is -0.820. The van der Waals surface area contributed by atoms with Crippen LogP contribution >= 0.6 is 11.6 Å². The van der Waals surface area contributed by atoms with E-state index >= 15 is 0 Å². The minimum Gasteiger partial charge on any atom is -0.264 e. The highest BCUT2D eigenvalue weighted by Crippen LogP contribution is 2.39. The molecule has 0 aromatic carbocycles. The molecule has 68 valence electrons. The lowest BCUT2D eigenvalue weighted by atomic mass is 9.80. The average molecular weight is 194 g/mol. The van der Waals surface area contributed by atoms with Gasteiger partial charge in [-0.1, -0.05) is 25.4 Å². The zero-order valence-corrected chi connectivity index (χ0v) is 8.60. The maximum atomic E-state index is 6.17. The van der Waals surface area contributed by atoms with E-state index in [0.717, 1.165) is 17.0 Å². The number of aromatic nitrogens is 1. The number of pyridine rings is 1. The molecular formula is C11H12ClN. The molecule has 1 aliphatic carbocycles. The first-order valence-corrected chi connectivity index (χ1v) is 4.78. The molecule has 0 amide bonds. The third kappa shape index (κ3) is 1.49. The predicted molar refractivity (Wildman–Crippen MR) is 55.6 cm³/mol. The van der Waals surface area contributed by atoms with E-state index in [4.69, 9.17) is 11.6 Å². The van der Waals surface area contributed by atoms with Crippen molar-refractivity contribution in [1.82, 2.24) is 4.98 Å². The van der Waals surface area contributed by atoms with Crippen LogP contribution in [0.2, 0.25) is 0 Å². The number of hydrogen-bond acceptors (Lipinski definition) is 1. The molecule has 1 heterocycles. The molecule has 0 spiro atoms. The summed E-state index contributed by atoms with van der Waals surface area (Å²) in [5.41, 5.74) is 2.58. The largest absolute Gasteiger partial charge is 0.264 e. The van der Waals surface area contributed by atoms with Crippen LogP contribution < -0.4 is 0 Å². The molecule has 0 unspecified atom stereocenters. The van der Waals surface area contributed by atoms with Crippen molar-refractivity contribution in [2.24, 2.45) is 5.41 Å². The van der Waals surface area contributed by atoms with Crippen molar-refractivity contribution in [2.45, 2.75) is 20.3 Å². The van der Waals surface area contributed by atoms with Gasteiger partial charge in [0.15, 0.2) is 0 Å². The first-order valence-electron chi connectivity index (χ1n) is 4.40. The van der Waals surface area contributed by atoms with E-state index in [9.17, 15) is 0 Å². The molecule has 0 fully saturated rings. The lowest BCUT2D eigenvalue weighted by molar-refractivity contribution is 0.463. The van der Waals surface area contributed by atoms with E-state index in [1.165, 1.54) is 5.56 Å². The molecule has 0 saturated carbocycles. The van der Waals surface area contributed by atoms with E-state index in [0.29, 0.717) is 0 Å². The van der Waals surface area contributed by atoms with Crippen molar-refractivity contribution in [3.05, 3.63) is 34.6 Å². The number of allylic oxidation sites excluding steroid dienone is 1. The quantitative estimate of drug-likeness (QED) is 0.617. The van der Waals surface area contributed by atoms with Crippen LogP contribution in [0.5, 0.6) is 0 Å². The van der Waals surface area contributed by atoms with Gasteiger partial charge in [0.1, 0.15) is 0 Å². The molecule has 0 atom stereocenters. The van der Waals surface area contributed by atoms with Gasteiger partial charge in [-0.25, -0.2) is 0 Å². The zero-order valence-electron chi connectivity index (χ0n) is 7.84. The van der Waals surface area contributed by atoms with Crippen molar-refractivity contribution < 1.29 is 0 Å². The Morgan fingerprint density at radius 3 is 3.00 bits per heavy atom. The Morgan fingerprint density at radius 2 is 2.23 bits per heavy atom. The molecule has 0 saturated heterocycles. The van der Waals surface area contributed by atoms with Crippen LogP contribution in [0.1, 0.15) is 25.0 Å². The minimum atomic E-state index is 0.0793. The molecule has 13 heavy (non-hydrogen) atoms. The van der Waals surface area contributed by atoms with Crippen LogP contribution in [0.25, 0.3) is 6.08 Å². The second-order valence-electron chi connectivity index (χ2n) is 4.13. The molecule has 0 bridgehead atoms. The first-order chi connectivity index (χ1) is 6.09. The van der Waals surface area contributed by atoms with E-state index in [1.807, 2.05) is 18.5 Å². The summed E-state index contributed by atoms with van der Waals surface area (Å²) < 4.78 is 0. The molecule has 1 aromatic rings. The van der Waals surface area contributed by atoms with Gasteiger partial charge in [0.2, 0.25) is 0 Å². The Morgan fingerprint density at radius 1 is 1.46 bits per heavy atom. The summed E-state index contributed by atoms with van der Waals surface area (Å²) in [6.45, 7) is 4.32. The highest BCUT2D eigenvalue weighted by Gasteiger charge is 2.27. The SMILES string of the molecule is CC1(C)Cc2ccncc2C=C1Cl. The Kier molecular flexibility index (Phi) is 1.92. The van der Waals surface area contributed by atoms with Gasteiger partial charge in [-0.15, -0.1) is 0 Å². The number of rotatable bonds is 0. The highest BCUT2D eigenvalue weighted by molar-refractivity contribution is 6.32. The summed E-state index contributed by atoms with van der Waals surface area (Å²) in [5.74, 6) is 0. The maximum absolute atomic E-state index is 6.17. The number of halogens is 1. The van der Waals surface area contributed by atoms with Gasteiger partial charge in [0, 0.05) is 22.8 Å². The predicted octanol–water partition coefficient (Wildman–Crippen LogP) is 3.24. The molecular weight excluding hydrogens is 182 g/mol. The van der Waals surface area contributed by atoms with Gasteiger partial charge < -0.3 is 0 Å². The van der Waals surface area contributed by atoms with Crippen molar-refractivity contribution in [2.75, 3.05) is 0 Å². The van der Waals surface area contributed by atoms with Gasteiger partial charge in [-0.05, 0) is 29.7 Å². The van der Waals surface area contributed by atoms with Crippen molar-refractivity contribution >= 4 is 17.7 Å². The topological polar surface area (TPSA) is 12.9 Å². The molecule has 1 aromatic heterocycles. The summed E-state index contributed by atoms with van der Waals surface area (Å²) in [6.07, 6.45) is 6.72. The summed E-state index contributed by atoms with van der Waals surface area (Å²) in [4.78, 5) is 4.08. The van der Waals surface area contributed by atoms with E-state index in [1.54, 1.807) is 0 Å². The Bertz CT molecular complexity index is 366. The van der Waals surface area contributed by atoms with Gasteiger partial charge in [-0.2, -0.15) is 0 Å². The highest BCUT2D eigenvalue weighted by atomic mass is 35.5. The fourth-order valence-electron chi connectivity index (χ4n) is 1.62. The fourth-order valence-corrected chi connectivity index (χ4v) is 1.80. The molecule has 1 aliphatic rings.